The normalized spacial score (nSPS) is 16.8. The van der Waals surface area contributed by atoms with Crippen LogP contribution >= 0.6 is 11.6 Å². The van der Waals surface area contributed by atoms with Gasteiger partial charge in [-0.3, -0.25) is 9.59 Å². The molecule has 1 fully saturated rings. The van der Waals surface area contributed by atoms with Crippen molar-refractivity contribution in [3.8, 4) is 6.07 Å². The van der Waals surface area contributed by atoms with E-state index in [-0.39, 0.29) is 24.8 Å². The van der Waals surface area contributed by atoms with Crippen LogP contribution in [0.25, 0.3) is 0 Å². The van der Waals surface area contributed by atoms with Gasteiger partial charge in [0.1, 0.15) is 6.07 Å². The molecule has 1 heterocycles. The van der Waals surface area contributed by atoms with Gasteiger partial charge in [0.15, 0.2) is 0 Å². The summed E-state index contributed by atoms with van der Waals surface area (Å²) in [6.45, 7) is 0.254. The van der Waals surface area contributed by atoms with E-state index in [2.05, 4.69) is 11.4 Å². The molecule has 3 rings (SSSR count). The maximum atomic E-state index is 12.4. The second kappa shape index (κ2) is 6.73. The van der Waals surface area contributed by atoms with Crippen molar-refractivity contribution in [2.75, 3.05) is 16.8 Å². The molecule has 1 saturated heterocycles. The maximum absolute atomic E-state index is 12.4. The van der Waals surface area contributed by atoms with Gasteiger partial charge in [0.2, 0.25) is 11.8 Å². The van der Waals surface area contributed by atoms with E-state index in [4.69, 9.17) is 11.6 Å². The first-order valence-corrected chi connectivity index (χ1v) is 7.82. The maximum Gasteiger partial charge on any atom is 0.229 e. The zero-order valence-electron chi connectivity index (χ0n) is 12.7. The van der Waals surface area contributed by atoms with Gasteiger partial charge in [0, 0.05) is 23.7 Å². The molecule has 1 atom stereocenters. The molecule has 1 aliphatic heterocycles. The summed E-state index contributed by atoms with van der Waals surface area (Å²) in [4.78, 5) is 26.2. The van der Waals surface area contributed by atoms with E-state index in [1.165, 1.54) is 4.90 Å². The van der Waals surface area contributed by atoms with Crippen molar-refractivity contribution >= 4 is 34.8 Å². The highest BCUT2D eigenvalue weighted by molar-refractivity contribution is 6.30. The number of halogens is 1. The predicted octanol–water partition coefficient (Wildman–Crippen LogP) is 3.20. The highest BCUT2D eigenvalue weighted by Crippen LogP contribution is 2.28. The van der Waals surface area contributed by atoms with E-state index in [1.807, 2.05) is 0 Å². The molecule has 120 valence electrons. The van der Waals surface area contributed by atoms with Crippen molar-refractivity contribution in [1.29, 1.82) is 5.26 Å². The second-order valence-electron chi connectivity index (χ2n) is 5.53. The van der Waals surface area contributed by atoms with Crippen LogP contribution in [-0.4, -0.2) is 18.4 Å². The van der Waals surface area contributed by atoms with Crippen LogP contribution in [0.3, 0.4) is 0 Å². The Balaban J connectivity index is 1.75. The van der Waals surface area contributed by atoms with Crippen molar-refractivity contribution in [3.63, 3.8) is 0 Å². The Morgan fingerprint density at radius 3 is 2.79 bits per heavy atom. The Hall–Kier alpha value is -2.84. The lowest BCUT2D eigenvalue weighted by atomic mass is 10.1. The summed E-state index contributed by atoms with van der Waals surface area (Å²) in [5.41, 5.74) is 1.56. The molecule has 2 amide bonds. The molecule has 0 bridgehead atoms. The number of nitrogens with zero attached hydrogens (tertiary/aromatic N) is 2. The SMILES string of the molecule is N#Cc1ccccc1N1CC(C(=O)Nc2cccc(Cl)c2)CC1=O. The highest BCUT2D eigenvalue weighted by atomic mass is 35.5. The van der Waals surface area contributed by atoms with Crippen molar-refractivity contribution < 1.29 is 9.59 Å². The van der Waals surface area contributed by atoms with Crippen LogP contribution in [0.15, 0.2) is 48.5 Å². The van der Waals surface area contributed by atoms with Crippen LogP contribution in [0, 0.1) is 17.2 Å². The largest absolute Gasteiger partial charge is 0.326 e. The topological polar surface area (TPSA) is 73.2 Å². The van der Waals surface area contributed by atoms with Gasteiger partial charge in [-0.2, -0.15) is 5.26 Å². The molecule has 0 radical (unpaired) electrons. The average Bonchev–Trinajstić information content (AvgIpc) is 2.96. The number of nitrogens with one attached hydrogen (secondary N) is 1. The third-order valence-electron chi connectivity index (χ3n) is 3.90. The van der Waals surface area contributed by atoms with Gasteiger partial charge in [-0.05, 0) is 30.3 Å². The lowest BCUT2D eigenvalue weighted by molar-refractivity contribution is -0.122. The van der Waals surface area contributed by atoms with E-state index in [1.54, 1.807) is 48.5 Å². The number of hydrogen-bond donors (Lipinski definition) is 1. The summed E-state index contributed by atoms with van der Waals surface area (Å²) in [7, 11) is 0. The molecule has 0 saturated carbocycles. The molecule has 6 heteroatoms. The van der Waals surface area contributed by atoms with E-state index < -0.39 is 5.92 Å². The van der Waals surface area contributed by atoms with Gasteiger partial charge in [-0.15, -0.1) is 0 Å². The first kappa shape index (κ1) is 16.0. The minimum atomic E-state index is -0.469. The van der Waals surface area contributed by atoms with Crippen LogP contribution in [0.5, 0.6) is 0 Å². The van der Waals surface area contributed by atoms with Crippen LogP contribution < -0.4 is 10.2 Å². The van der Waals surface area contributed by atoms with E-state index >= 15 is 0 Å². The number of nitriles is 1. The molecule has 24 heavy (non-hydrogen) atoms. The molecule has 1 N–H and O–H groups in total. The summed E-state index contributed by atoms with van der Waals surface area (Å²) in [5, 5.41) is 12.5. The summed E-state index contributed by atoms with van der Waals surface area (Å²) < 4.78 is 0. The first-order chi connectivity index (χ1) is 11.6. The van der Waals surface area contributed by atoms with E-state index in [0.29, 0.717) is 22.0 Å². The standard InChI is InChI=1S/C18H14ClN3O2/c19-14-5-3-6-15(9-14)21-18(24)13-8-17(23)22(11-13)16-7-2-1-4-12(16)10-20/h1-7,9,13H,8,11H2,(H,21,24). The predicted molar refractivity (Wildman–Crippen MR) is 91.7 cm³/mol. The van der Waals surface area contributed by atoms with Crippen LogP contribution in [-0.2, 0) is 9.59 Å². The Morgan fingerprint density at radius 1 is 1.25 bits per heavy atom. The van der Waals surface area contributed by atoms with Gasteiger partial charge in [0.25, 0.3) is 0 Å². The molecular weight excluding hydrogens is 326 g/mol. The lowest BCUT2D eigenvalue weighted by Crippen LogP contribution is -2.28. The van der Waals surface area contributed by atoms with E-state index in [9.17, 15) is 14.9 Å². The Bertz CT molecular complexity index is 844. The molecule has 0 aromatic heterocycles. The fraction of sp³-hybridized carbons (Fsp3) is 0.167. The summed E-state index contributed by atoms with van der Waals surface area (Å²) in [6.07, 6.45) is 0.117. The number of carbonyl (C=O) groups is 2. The fourth-order valence-corrected chi connectivity index (χ4v) is 2.92. The van der Waals surface area contributed by atoms with Gasteiger partial charge >= 0.3 is 0 Å². The Kier molecular flexibility index (Phi) is 4.50. The first-order valence-electron chi connectivity index (χ1n) is 7.44. The zero-order valence-corrected chi connectivity index (χ0v) is 13.5. The van der Waals surface area contributed by atoms with Crippen LogP contribution in [0.1, 0.15) is 12.0 Å². The molecule has 1 aliphatic rings. The minimum Gasteiger partial charge on any atom is -0.326 e. The van der Waals surface area contributed by atoms with Crippen molar-refractivity contribution in [1.82, 2.24) is 0 Å². The van der Waals surface area contributed by atoms with Crippen molar-refractivity contribution in [3.05, 3.63) is 59.1 Å². The monoisotopic (exact) mass is 339 g/mol. The summed E-state index contributed by atoms with van der Waals surface area (Å²) in [6, 6.07) is 15.8. The smallest absolute Gasteiger partial charge is 0.229 e. The Labute approximate surface area is 144 Å². The Morgan fingerprint density at radius 2 is 2.04 bits per heavy atom. The molecule has 2 aromatic carbocycles. The summed E-state index contributed by atoms with van der Waals surface area (Å²) >= 11 is 5.90. The number of rotatable bonds is 3. The number of amides is 2. The van der Waals surface area contributed by atoms with Gasteiger partial charge in [-0.25, -0.2) is 0 Å². The summed E-state index contributed by atoms with van der Waals surface area (Å²) in [5.74, 6) is -0.866. The number of anilines is 2. The van der Waals surface area contributed by atoms with Crippen LogP contribution in [0.4, 0.5) is 11.4 Å². The molecule has 5 nitrogen and oxygen atoms in total. The van der Waals surface area contributed by atoms with Crippen LogP contribution in [0.2, 0.25) is 5.02 Å². The average molecular weight is 340 g/mol. The zero-order chi connectivity index (χ0) is 17.1. The van der Waals surface area contributed by atoms with E-state index in [0.717, 1.165) is 0 Å². The third kappa shape index (κ3) is 3.24. The quantitative estimate of drug-likeness (QED) is 0.933. The molecular formula is C18H14ClN3O2. The molecule has 0 aliphatic carbocycles. The molecule has 0 spiro atoms. The highest BCUT2D eigenvalue weighted by Gasteiger charge is 2.36. The van der Waals surface area contributed by atoms with Gasteiger partial charge in [0.05, 0.1) is 17.2 Å². The fourth-order valence-electron chi connectivity index (χ4n) is 2.73. The number of para-hydroxylation sites is 1. The lowest BCUT2D eigenvalue weighted by Gasteiger charge is -2.18. The van der Waals surface area contributed by atoms with Crippen molar-refractivity contribution in [2.45, 2.75) is 6.42 Å². The van der Waals surface area contributed by atoms with Gasteiger partial charge in [-0.1, -0.05) is 29.8 Å². The third-order valence-corrected chi connectivity index (χ3v) is 4.14. The molecule has 1 unspecified atom stereocenters. The second-order valence-corrected chi connectivity index (χ2v) is 5.97. The number of hydrogen-bond acceptors (Lipinski definition) is 3. The number of carbonyl (C=O) groups excluding carboxylic acids is 2. The number of benzene rings is 2. The van der Waals surface area contributed by atoms with Gasteiger partial charge < -0.3 is 10.2 Å². The minimum absolute atomic E-state index is 0.117. The molecule has 2 aromatic rings. The van der Waals surface area contributed by atoms with Crippen molar-refractivity contribution in [2.24, 2.45) is 5.92 Å².